The molecule has 0 aliphatic carbocycles. The highest BCUT2D eigenvalue weighted by Crippen LogP contribution is 2.38. The van der Waals surface area contributed by atoms with Crippen LogP contribution in [-0.2, 0) is 4.57 Å². The van der Waals surface area contributed by atoms with Crippen molar-refractivity contribution in [3.05, 3.63) is 71.9 Å². The Hall–Kier alpha value is -3.68. The van der Waals surface area contributed by atoms with Gasteiger partial charge in [0.05, 0.1) is 23.5 Å². The molecule has 0 fully saturated rings. The van der Waals surface area contributed by atoms with Crippen molar-refractivity contribution in [2.45, 2.75) is 6.92 Å². The Morgan fingerprint density at radius 1 is 1.11 bits per heavy atom. The number of nitrogens with one attached hydrogen (secondary N) is 2. The van der Waals surface area contributed by atoms with Crippen molar-refractivity contribution in [2.75, 3.05) is 31.1 Å². The molecule has 0 atom stereocenters. The Morgan fingerprint density at radius 2 is 1.89 bits per heavy atom. The van der Waals surface area contributed by atoms with E-state index in [0.29, 0.717) is 44.9 Å². The van der Waals surface area contributed by atoms with Crippen molar-refractivity contribution in [3.63, 3.8) is 0 Å². The van der Waals surface area contributed by atoms with E-state index in [4.69, 9.17) is 21.1 Å². The number of hydrogen-bond acceptors (Lipinski definition) is 7. The molecule has 182 valence electrons. The lowest BCUT2D eigenvalue weighted by molar-refractivity contribution is 0.409. The number of ether oxygens (including phenoxy) is 2. The number of aromatic nitrogens is 2. The minimum absolute atomic E-state index is 0.170. The van der Waals surface area contributed by atoms with Gasteiger partial charge >= 0.3 is 0 Å². The van der Waals surface area contributed by atoms with Gasteiger partial charge in [0, 0.05) is 23.6 Å². The molecule has 0 saturated heterocycles. The van der Waals surface area contributed by atoms with Crippen molar-refractivity contribution in [1.29, 1.82) is 0 Å². The number of halogens is 1. The standard InChI is InChI=1S/C24H26ClN6O3P/c1-16(25)23(29-19-8-6-7-9-21(19)35(4,5)32)31-24(26-2)30-18-11-10-17(14-20(18)33-3)34-22-12-13-27-15-28-22/h6-15,29H,2H2,1,3-5H3,(H,30,31)/b23-16+. The number of nitrogens with zero attached hydrogens (tertiary/aromatic N) is 4. The molecule has 35 heavy (non-hydrogen) atoms. The number of anilines is 2. The van der Waals surface area contributed by atoms with Gasteiger partial charge in [-0.3, -0.25) is 0 Å². The lowest BCUT2D eigenvalue weighted by Crippen LogP contribution is -2.15. The van der Waals surface area contributed by atoms with Crippen LogP contribution >= 0.6 is 18.7 Å². The van der Waals surface area contributed by atoms with E-state index in [1.165, 1.54) is 13.4 Å². The van der Waals surface area contributed by atoms with Crippen molar-refractivity contribution in [3.8, 4) is 17.4 Å². The molecule has 3 rings (SSSR count). The monoisotopic (exact) mass is 512 g/mol. The van der Waals surface area contributed by atoms with Gasteiger partial charge < -0.3 is 24.7 Å². The molecule has 0 saturated carbocycles. The fraction of sp³-hybridized carbons (Fsp3) is 0.167. The van der Waals surface area contributed by atoms with E-state index in [2.05, 4.69) is 37.3 Å². The molecular weight excluding hydrogens is 487 g/mol. The second-order valence-corrected chi connectivity index (χ2v) is 11.4. The topological polar surface area (TPSA) is 110 Å². The minimum Gasteiger partial charge on any atom is -0.494 e. The van der Waals surface area contributed by atoms with Crippen molar-refractivity contribution >= 4 is 48.1 Å². The number of benzene rings is 2. The summed E-state index contributed by atoms with van der Waals surface area (Å²) in [6.45, 7) is 8.70. The van der Waals surface area contributed by atoms with E-state index in [0.717, 1.165) is 0 Å². The smallest absolute Gasteiger partial charge is 0.228 e. The van der Waals surface area contributed by atoms with Crippen LogP contribution in [0.1, 0.15) is 6.92 Å². The van der Waals surface area contributed by atoms with E-state index >= 15 is 0 Å². The van der Waals surface area contributed by atoms with Crippen molar-refractivity contribution in [2.24, 2.45) is 9.98 Å². The summed E-state index contributed by atoms with van der Waals surface area (Å²) in [4.78, 5) is 16.4. The van der Waals surface area contributed by atoms with Gasteiger partial charge in [0.15, 0.2) is 0 Å². The Labute approximate surface area is 209 Å². The van der Waals surface area contributed by atoms with Crippen LogP contribution in [0.15, 0.2) is 81.9 Å². The van der Waals surface area contributed by atoms with Gasteiger partial charge in [-0.1, -0.05) is 23.7 Å². The number of guanidine groups is 1. The van der Waals surface area contributed by atoms with Crippen LogP contribution < -0.4 is 25.4 Å². The van der Waals surface area contributed by atoms with Crippen LogP contribution in [-0.4, -0.2) is 43.1 Å². The van der Waals surface area contributed by atoms with Crippen LogP contribution in [0.5, 0.6) is 17.4 Å². The molecule has 0 bridgehead atoms. The first-order valence-corrected chi connectivity index (χ1v) is 13.4. The van der Waals surface area contributed by atoms with E-state index in [1.54, 1.807) is 50.7 Å². The molecule has 0 spiro atoms. The van der Waals surface area contributed by atoms with E-state index in [-0.39, 0.29) is 5.96 Å². The predicted octanol–water partition coefficient (Wildman–Crippen LogP) is 5.53. The maximum atomic E-state index is 12.7. The molecule has 3 aromatic rings. The fourth-order valence-corrected chi connectivity index (χ4v) is 4.24. The minimum atomic E-state index is -2.54. The van der Waals surface area contributed by atoms with Gasteiger partial charge in [-0.25, -0.2) is 15.0 Å². The first-order valence-electron chi connectivity index (χ1n) is 10.4. The van der Waals surface area contributed by atoms with Crippen molar-refractivity contribution < 1.29 is 14.0 Å². The lowest BCUT2D eigenvalue weighted by Gasteiger charge is -2.17. The average molecular weight is 513 g/mol. The van der Waals surface area contributed by atoms with Crippen LogP contribution in [0.25, 0.3) is 0 Å². The summed E-state index contributed by atoms with van der Waals surface area (Å²) >= 11 is 6.32. The van der Waals surface area contributed by atoms with Gasteiger partial charge in [0.2, 0.25) is 11.8 Å². The van der Waals surface area contributed by atoms with Gasteiger partial charge in [-0.15, -0.1) is 0 Å². The predicted molar refractivity (Wildman–Crippen MR) is 143 cm³/mol. The largest absolute Gasteiger partial charge is 0.494 e. The van der Waals surface area contributed by atoms with E-state index in [1.807, 2.05) is 24.3 Å². The normalized spacial score (nSPS) is 12.4. The van der Waals surface area contributed by atoms with E-state index in [9.17, 15) is 4.57 Å². The number of methoxy groups -OCH3 is 1. The zero-order chi connectivity index (χ0) is 25.4. The molecular formula is C24H26ClN6O3P. The highest BCUT2D eigenvalue weighted by molar-refractivity contribution is 7.70. The first kappa shape index (κ1) is 25.9. The molecule has 9 nitrogen and oxygen atoms in total. The number of rotatable bonds is 8. The second-order valence-electron chi connectivity index (χ2n) is 7.61. The fourth-order valence-electron chi connectivity index (χ4n) is 2.99. The number of hydrogen-bond donors (Lipinski definition) is 2. The molecule has 0 aliphatic rings. The number of allylic oxidation sites excluding steroid dienone is 1. The molecule has 2 N–H and O–H groups in total. The maximum absolute atomic E-state index is 12.7. The zero-order valence-corrected chi connectivity index (χ0v) is 21.5. The molecule has 1 aromatic heterocycles. The molecule has 0 aliphatic heterocycles. The summed E-state index contributed by atoms with van der Waals surface area (Å²) in [7, 11) is -1.01. The van der Waals surface area contributed by atoms with Gasteiger partial charge in [0.25, 0.3) is 0 Å². The first-order chi connectivity index (χ1) is 16.7. The van der Waals surface area contributed by atoms with Gasteiger partial charge in [0.1, 0.15) is 30.8 Å². The quantitative estimate of drug-likeness (QED) is 0.232. The SMILES string of the molecule is C=NC(=N/C(Nc1ccccc1P(C)(C)=O)=C(\C)Cl)Nc1ccc(Oc2ccncn2)cc1OC. The molecule has 0 radical (unpaired) electrons. The summed E-state index contributed by atoms with van der Waals surface area (Å²) in [6, 6.07) is 14.1. The number of para-hydroxylation sites is 1. The summed E-state index contributed by atoms with van der Waals surface area (Å²) in [5.41, 5.74) is 1.22. The molecule has 0 amide bonds. The summed E-state index contributed by atoms with van der Waals surface area (Å²) in [6.07, 6.45) is 2.99. The highest BCUT2D eigenvalue weighted by Gasteiger charge is 2.17. The summed E-state index contributed by atoms with van der Waals surface area (Å²) in [5.74, 6) is 1.90. The molecule has 11 heteroatoms. The Morgan fingerprint density at radius 3 is 2.51 bits per heavy atom. The Kier molecular flexibility index (Phi) is 8.63. The van der Waals surface area contributed by atoms with Crippen LogP contribution in [0, 0.1) is 0 Å². The summed E-state index contributed by atoms with van der Waals surface area (Å²) < 4.78 is 23.9. The third-order valence-corrected chi connectivity index (χ3v) is 6.36. The molecule has 1 heterocycles. The summed E-state index contributed by atoms with van der Waals surface area (Å²) in [5, 5.41) is 7.32. The number of aliphatic imine (C=N–C) groups is 2. The average Bonchev–Trinajstić information content (AvgIpc) is 2.84. The molecule has 0 unspecified atom stereocenters. The van der Waals surface area contributed by atoms with Crippen LogP contribution in [0.2, 0.25) is 0 Å². The van der Waals surface area contributed by atoms with Crippen molar-refractivity contribution in [1.82, 2.24) is 9.97 Å². The van der Waals surface area contributed by atoms with E-state index < -0.39 is 7.14 Å². The Bertz CT molecular complexity index is 1300. The zero-order valence-electron chi connectivity index (χ0n) is 19.8. The third-order valence-electron chi connectivity index (χ3n) is 4.63. The van der Waals surface area contributed by atoms with Crippen LogP contribution in [0.4, 0.5) is 11.4 Å². The second kappa shape index (κ2) is 11.6. The Balaban J connectivity index is 1.87. The maximum Gasteiger partial charge on any atom is 0.228 e. The highest BCUT2D eigenvalue weighted by atomic mass is 35.5. The lowest BCUT2D eigenvalue weighted by atomic mass is 10.2. The van der Waals surface area contributed by atoms with Crippen LogP contribution in [0.3, 0.4) is 0 Å². The van der Waals surface area contributed by atoms with Gasteiger partial charge in [-0.05, 0) is 51.2 Å². The van der Waals surface area contributed by atoms with Gasteiger partial charge in [-0.2, -0.15) is 4.99 Å². The molecule has 2 aromatic carbocycles. The third kappa shape index (κ3) is 7.15.